The van der Waals surface area contributed by atoms with Crippen LogP contribution in [0.25, 0.3) is 5.65 Å². The lowest BCUT2D eigenvalue weighted by Gasteiger charge is -2.09. The molecule has 3 rings (SSSR count). The van der Waals surface area contributed by atoms with Gasteiger partial charge in [0.25, 0.3) is 0 Å². The van der Waals surface area contributed by atoms with Gasteiger partial charge in [0.2, 0.25) is 5.91 Å². The molecule has 0 bridgehead atoms. The molecular weight excluding hydrogens is 314 g/mol. The molecule has 118 valence electrons. The Kier molecular flexibility index (Phi) is 4.21. The van der Waals surface area contributed by atoms with E-state index in [2.05, 4.69) is 10.3 Å². The van der Waals surface area contributed by atoms with Crippen LogP contribution in [-0.4, -0.2) is 22.4 Å². The maximum atomic E-state index is 12.2. The number of imidazole rings is 1. The van der Waals surface area contributed by atoms with Gasteiger partial charge in [-0.1, -0.05) is 11.6 Å². The summed E-state index contributed by atoms with van der Waals surface area (Å²) >= 11 is 5.96. The Hall–Kier alpha value is -2.53. The van der Waals surface area contributed by atoms with Crippen LogP contribution >= 0.6 is 11.6 Å². The Morgan fingerprint density at radius 2 is 2.17 bits per heavy atom. The summed E-state index contributed by atoms with van der Waals surface area (Å²) in [5.41, 5.74) is 3.20. The molecule has 0 saturated carbocycles. The minimum atomic E-state index is -0.175. The molecule has 1 amide bonds. The Balaban J connectivity index is 1.77. The molecule has 0 aliphatic carbocycles. The number of rotatable bonds is 4. The first-order chi connectivity index (χ1) is 11.0. The van der Waals surface area contributed by atoms with E-state index in [1.807, 2.05) is 35.9 Å². The number of aryl methyl sites for hydroxylation is 1. The van der Waals surface area contributed by atoms with Crippen molar-refractivity contribution in [3.05, 3.63) is 59.0 Å². The highest BCUT2D eigenvalue weighted by molar-refractivity contribution is 6.31. The van der Waals surface area contributed by atoms with Gasteiger partial charge in [-0.25, -0.2) is 4.98 Å². The quantitative estimate of drug-likeness (QED) is 0.797. The van der Waals surface area contributed by atoms with Crippen LogP contribution in [0, 0.1) is 6.92 Å². The van der Waals surface area contributed by atoms with Gasteiger partial charge in [-0.05, 0) is 42.8 Å². The summed E-state index contributed by atoms with van der Waals surface area (Å²) in [4.78, 5) is 16.7. The fourth-order valence-electron chi connectivity index (χ4n) is 2.36. The maximum absolute atomic E-state index is 12.2. The molecule has 1 aromatic carbocycles. The highest BCUT2D eigenvalue weighted by atomic mass is 35.5. The first-order valence-electron chi connectivity index (χ1n) is 7.13. The van der Waals surface area contributed by atoms with Crippen LogP contribution in [0.5, 0.6) is 5.75 Å². The van der Waals surface area contributed by atoms with Crippen LogP contribution in [0.1, 0.15) is 11.3 Å². The number of halogens is 1. The minimum Gasteiger partial charge on any atom is -0.495 e. The Labute approximate surface area is 138 Å². The monoisotopic (exact) mass is 329 g/mol. The molecule has 2 heterocycles. The van der Waals surface area contributed by atoms with Crippen LogP contribution < -0.4 is 10.1 Å². The third-order valence-electron chi connectivity index (χ3n) is 3.44. The number of hydrogen-bond donors (Lipinski definition) is 1. The van der Waals surface area contributed by atoms with Gasteiger partial charge in [0.1, 0.15) is 11.4 Å². The van der Waals surface area contributed by atoms with Crippen molar-refractivity contribution in [3.63, 3.8) is 0 Å². The standard InChI is InChI=1S/C17H16ClN3O2/c1-11-5-6-21-10-13(19-16(21)7-11)9-17(22)20-14-8-12(18)3-4-15(14)23-2/h3-8,10H,9H2,1-2H3,(H,20,22). The van der Waals surface area contributed by atoms with Crippen LogP contribution in [0.15, 0.2) is 42.7 Å². The van der Waals surface area contributed by atoms with Gasteiger partial charge >= 0.3 is 0 Å². The molecule has 23 heavy (non-hydrogen) atoms. The molecule has 0 aliphatic rings. The van der Waals surface area contributed by atoms with Crippen LogP contribution in [0.2, 0.25) is 5.02 Å². The van der Waals surface area contributed by atoms with Crippen LogP contribution in [0.4, 0.5) is 5.69 Å². The number of hydrogen-bond acceptors (Lipinski definition) is 3. The fourth-order valence-corrected chi connectivity index (χ4v) is 2.53. The van der Waals surface area contributed by atoms with Crippen LogP contribution in [0.3, 0.4) is 0 Å². The summed E-state index contributed by atoms with van der Waals surface area (Å²) in [5.74, 6) is 0.388. The van der Waals surface area contributed by atoms with E-state index in [0.29, 0.717) is 22.2 Å². The summed E-state index contributed by atoms with van der Waals surface area (Å²) in [6, 6.07) is 9.05. The van der Waals surface area contributed by atoms with E-state index in [1.165, 1.54) is 0 Å². The lowest BCUT2D eigenvalue weighted by atomic mass is 10.2. The zero-order valence-electron chi connectivity index (χ0n) is 12.8. The maximum Gasteiger partial charge on any atom is 0.230 e. The van der Waals surface area contributed by atoms with E-state index in [0.717, 1.165) is 11.2 Å². The van der Waals surface area contributed by atoms with E-state index in [-0.39, 0.29) is 12.3 Å². The molecule has 1 N–H and O–H groups in total. The van der Waals surface area contributed by atoms with Gasteiger partial charge in [-0.3, -0.25) is 4.79 Å². The predicted octanol–water partition coefficient (Wildman–Crippen LogP) is 3.49. The molecule has 6 heteroatoms. The second kappa shape index (κ2) is 6.30. The highest BCUT2D eigenvalue weighted by Crippen LogP contribution is 2.27. The summed E-state index contributed by atoms with van der Waals surface area (Å²) in [7, 11) is 1.54. The highest BCUT2D eigenvalue weighted by Gasteiger charge is 2.11. The topological polar surface area (TPSA) is 55.6 Å². The van der Waals surface area contributed by atoms with Gasteiger partial charge in [0, 0.05) is 17.4 Å². The average molecular weight is 330 g/mol. The van der Waals surface area contributed by atoms with Gasteiger partial charge in [-0.15, -0.1) is 0 Å². The van der Waals surface area contributed by atoms with Gasteiger partial charge in [0.05, 0.1) is 24.9 Å². The zero-order chi connectivity index (χ0) is 16.4. The second-order valence-electron chi connectivity index (χ2n) is 5.27. The van der Waals surface area contributed by atoms with E-state index < -0.39 is 0 Å². The summed E-state index contributed by atoms with van der Waals surface area (Å²) in [5, 5.41) is 3.34. The number of methoxy groups -OCH3 is 1. The van der Waals surface area contributed by atoms with Gasteiger partial charge in [-0.2, -0.15) is 0 Å². The van der Waals surface area contributed by atoms with E-state index >= 15 is 0 Å². The summed E-state index contributed by atoms with van der Waals surface area (Å²) < 4.78 is 7.12. The molecule has 0 saturated heterocycles. The largest absolute Gasteiger partial charge is 0.495 e. The molecular formula is C17H16ClN3O2. The lowest BCUT2D eigenvalue weighted by molar-refractivity contribution is -0.115. The molecule has 0 radical (unpaired) electrons. The molecule has 0 aliphatic heterocycles. The molecule has 5 nitrogen and oxygen atoms in total. The number of benzene rings is 1. The van der Waals surface area contributed by atoms with E-state index in [1.54, 1.807) is 25.3 Å². The molecule has 0 spiro atoms. The Bertz CT molecular complexity index is 873. The zero-order valence-corrected chi connectivity index (χ0v) is 13.6. The number of aromatic nitrogens is 2. The van der Waals surface area contributed by atoms with Crippen molar-refractivity contribution in [2.75, 3.05) is 12.4 Å². The number of nitrogens with zero attached hydrogens (tertiary/aromatic N) is 2. The van der Waals surface area contributed by atoms with Crippen molar-refractivity contribution >= 4 is 28.8 Å². The smallest absolute Gasteiger partial charge is 0.230 e. The SMILES string of the molecule is COc1ccc(Cl)cc1NC(=O)Cc1cn2ccc(C)cc2n1. The number of anilines is 1. The Morgan fingerprint density at radius 1 is 1.35 bits per heavy atom. The molecule has 3 aromatic rings. The molecule has 2 aromatic heterocycles. The third-order valence-corrected chi connectivity index (χ3v) is 3.68. The van der Waals surface area contributed by atoms with E-state index in [9.17, 15) is 4.79 Å². The summed E-state index contributed by atoms with van der Waals surface area (Å²) in [6.45, 7) is 2.01. The second-order valence-corrected chi connectivity index (χ2v) is 5.71. The van der Waals surface area contributed by atoms with Gasteiger partial charge in [0.15, 0.2) is 0 Å². The first kappa shape index (κ1) is 15.4. The number of ether oxygens (including phenoxy) is 1. The van der Waals surface area contributed by atoms with Crippen molar-refractivity contribution in [2.45, 2.75) is 13.3 Å². The van der Waals surface area contributed by atoms with Crippen molar-refractivity contribution in [1.82, 2.24) is 9.38 Å². The Morgan fingerprint density at radius 3 is 2.96 bits per heavy atom. The van der Waals surface area contributed by atoms with Crippen molar-refractivity contribution in [1.29, 1.82) is 0 Å². The van der Waals surface area contributed by atoms with Crippen molar-refractivity contribution in [3.8, 4) is 5.75 Å². The average Bonchev–Trinajstić information content (AvgIpc) is 2.88. The third kappa shape index (κ3) is 3.46. The number of fused-ring (bicyclic) bond motifs is 1. The molecule has 0 fully saturated rings. The number of carbonyl (C=O) groups is 1. The number of carbonyl (C=O) groups excluding carboxylic acids is 1. The number of amides is 1. The predicted molar refractivity (Wildman–Crippen MR) is 90.3 cm³/mol. The fraction of sp³-hybridized carbons (Fsp3) is 0.176. The lowest BCUT2D eigenvalue weighted by Crippen LogP contribution is -2.15. The summed E-state index contributed by atoms with van der Waals surface area (Å²) in [6.07, 6.45) is 3.96. The van der Waals surface area contributed by atoms with Crippen LogP contribution in [-0.2, 0) is 11.2 Å². The van der Waals surface area contributed by atoms with E-state index in [4.69, 9.17) is 16.3 Å². The van der Waals surface area contributed by atoms with Crippen molar-refractivity contribution < 1.29 is 9.53 Å². The molecule has 0 unspecified atom stereocenters. The minimum absolute atomic E-state index is 0.175. The van der Waals surface area contributed by atoms with Gasteiger partial charge < -0.3 is 14.5 Å². The first-order valence-corrected chi connectivity index (χ1v) is 7.50. The number of nitrogens with one attached hydrogen (secondary N) is 1. The number of pyridine rings is 1. The van der Waals surface area contributed by atoms with Crippen molar-refractivity contribution in [2.24, 2.45) is 0 Å². The molecule has 0 atom stereocenters. The normalized spacial score (nSPS) is 10.7.